The number of carbonyl (C=O) groups is 1. The first-order valence-corrected chi connectivity index (χ1v) is 10.4. The maximum Gasteiger partial charge on any atom is 0.153 e. The van der Waals surface area contributed by atoms with Crippen molar-refractivity contribution >= 4 is 5.78 Å². The van der Waals surface area contributed by atoms with Crippen LogP contribution in [0.15, 0.2) is 60.7 Å². The lowest BCUT2D eigenvalue weighted by atomic mass is 9.55. The van der Waals surface area contributed by atoms with Crippen LogP contribution in [0.5, 0.6) is 0 Å². The summed E-state index contributed by atoms with van der Waals surface area (Å²) in [5.41, 5.74) is 1.94. The van der Waals surface area contributed by atoms with Crippen molar-refractivity contribution in [2.24, 2.45) is 0 Å². The van der Waals surface area contributed by atoms with Crippen molar-refractivity contribution in [1.82, 2.24) is 0 Å². The maximum atomic E-state index is 14.4. The number of hydrogen-bond donors (Lipinski definition) is 0. The Labute approximate surface area is 157 Å². The Morgan fingerprint density at radius 3 is 1.23 bits per heavy atom. The van der Waals surface area contributed by atoms with E-state index < -0.39 is 0 Å². The summed E-state index contributed by atoms with van der Waals surface area (Å²) in [6.45, 7) is 0. The summed E-state index contributed by atoms with van der Waals surface area (Å²) in [4.78, 5) is 14.4. The molecule has 2 aromatic carbocycles. The lowest BCUT2D eigenvalue weighted by Crippen LogP contribution is -2.51. The van der Waals surface area contributed by atoms with Crippen molar-refractivity contribution in [1.29, 1.82) is 0 Å². The molecule has 0 atom stereocenters. The van der Waals surface area contributed by atoms with Crippen LogP contribution in [0.2, 0.25) is 0 Å². The van der Waals surface area contributed by atoms with Crippen molar-refractivity contribution in [3.63, 3.8) is 0 Å². The van der Waals surface area contributed by atoms with Gasteiger partial charge in [0.25, 0.3) is 0 Å². The minimum Gasteiger partial charge on any atom is -0.298 e. The fourth-order valence-corrected chi connectivity index (χ4v) is 5.58. The van der Waals surface area contributed by atoms with Gasteiger partial charge in [-0.3, -0.25) is 4.79 Å². The van der Waals surface area contributed by atoms with E-state index in [-0.39, 0.29) is 10.8 Å². The Kier molecular flexibility index (Phi) is 4.98. The van der Waals surface area contributed by atoms with E-state index in [1.54, 1.807) is 0 Å². The lowest BCUT2D eigenvalue weighted by Gasteiger charge is -2.46. The second kappa shape index (κ2) is 7.39. The predicted octanol–water partition coefficient (Wildman–Crippen LogP) is 6.36. The van der Waals surface area contributed by atoms with E-state index in [2.05, 4.69) is 60.7 Å². The topological polar surface area (TPSA) is 17.1 Å². The number of carbonyl (C=O) groups excluding carboxylic acids is 1. The number of benzene rings is 2. The molecule has 4 rings (SSSR count). The number of ketones is 1. The van der Waals surface area contributed by atoms with Gasteiger partial charge in [0.2, 0.25) is 0 Å². The third kappa shape index (κ3) is 2.92. The molecule has 1 heteroatoms. The van der Waals surface area contributed by atoms with Crippen LogP contribution in [0.4, 0.5) is 0 Å². The highest BCUT2D eigenvalue weighted by Gasteiger charge is 2.52. The van der Waals surface area contributed by atoms with Crippen molar-refractivity contribution in [3.8, 4) is 0 Å². The van der Waals surface area contributed by atoms with Gasteiger partial charge in [0.1, 0.15) is 0 Å². The molecule has 136 valence electrons. The Bertz CT molecular complexity index is 656. The zero-order valence-electron chi connectivity index (χ0n) is 15.8. The first-order chi connectivity index (χ1) is 12.8. The summed E-state index contributed by atoms with van der Waals surface area (Å²) in [7, 11) is 0. The van der Waals surface area contributed by atoms with E-state index in [9.17, 15) is 4.79 Å². The van der Waals surface area contributed by atoms with E-state index >= 15 is 0 Å². The molecule has 0 bridgehead atoms. The van der Waals surface area contributed by atoms with Crippen molar-refractivity contribution in [2.45, 2.75) is 75.0 Å². The van der Waals surface area contributed by atoms with Crippen LogP contribution in [0.25, 0.3) is 0 Å². The number of Topliss-reactive ketones (excluding diaryl/α,β-unsaturated/α-hetero) is 1. The fourth-order valence-electron chi connectivity index (χ4n) is 5.58. The molecular formula is C25H30O. The third-order valence-electron chi connectivity index (χ3n) is 6.94. The molecule has 0 spiro atoms. The van der Waals surface area contributed by atoms with Gasteiger partial charge < -0.3 is 0 Å². The number of rotatable bonds is 4. The van der Waals surface area contributed by atoms with Gasteiger partial charge in [0, 0.05) is 0 Å². The Hall–Kier alpha value is -1.89. The summed E-state index contributed by atoms with van der Waals surface area (Å²) in [5.74, 6) is 0.516. The van der Waals surface area contributed by atoms with Gasteiger partial charge in [-0.25, -0.2) is 0 Å². The summed E-state index contributed by atoms with van der Waals surface area (Å²) < 4.78 is 0. The lowest BCUT2D eigenvalue weighted by molar-refractivity contribution is -0.133. The van der Waals surface area contributed by atoms with Crippen LogP contribution in [0.3, 0.4) is 0 Å². The number of hydrogen-bond acceptors (Lipinski definition) is 1. The van der Waals surface area contributed by atoms with Gasteiger partial charge in [-0.2, -0.15) is 0 Å². The van der Waals surface area contributed by atoms with E-state index in [4.69, 9.17) is 0 Å². The highest BCUT2D eigenvalue weighted by Crippen LogP contribution is 2.50. The Balaban J connectivity index is 1.83. The molecule has 2 aliphatic rings. The molecule has 0 unspecified atom stereocenters. The average molecular weight is 347 g/mol. The van der Waals surface area contributed by atoms with Gasteiger partial charge in [-0.15, -0.1) is 0 Å². The van der Waals surface area contributed by atoms with E-state index in [1.807, 2.05) is 0 Å². The van der Waals surface area contributed by atoms with E-state index in [0.29, 0.717) is 5.78 Å². The smallest absolute Gasteiger partial charge is 0.153 e. The van der Waals surface area contributed by atoms with Gasteiger partial charge >= 0.3 is 0 Å². The van der Waals surface area contributed by atoms with Crippen LogP contribution in [-0.2, 0) is 15.6 Å². The first-order valence-electron chi connectivity index (χ1n) is 10.4. The largest absolute Gasteiger partial charge is 0.298 e. The molecule has 2 saturated carbocycles. The second-order valence-corrected chi connectivity index (χ2v) is 8.35. The van der Waals surface area contributed by atoms with Crippen LogP contribution in [0.1, 0.15) is 75.3 Å². The second-order valence-electron chi connectivity index (χ2n) is 8.35. The van der Waals surface area contributed by atoms with Crippen molar-refractivity contribution in [3.05, 3.63) is 71.8 Å². The average Bonchev–Trinajstić information content (AvgIpc) is 2.75. The molecule has 0 radical (unpaired) electrons. The standard InChI is InChI=1S/C25H30O/c26-23(24(17-9-3-10-18-24)21-13-5-1-6-14-21)25(19-11-4-12-20-25)22-15-7-2-8-16-22/h1-2,5-8,13-16H,3-4,9-12,17-20H2. The van der Waals surface area contributed by atoms with Crippen LogP contribution >= 0.6 is 0 Å². The zero-order chi connectivity index (χ0) is 17.9. The quantitative estimate of drug-likeness (QED) is 0.629. The summed E-state index contributed by atoms with van der Waals surface area (Å²) in [6, 6.07) is 21.4. The molecule has 2 fully saturated rings. The molecule has 26 heavy (non-hydrogen) atoms. The molecule has 0 heterocycles. The molecule has 0 N–H and O–H groups in total. The van der Waals surface area contributed by atoms with Crippen LogP contribution in [0, 0.1) is 0 Å². The Morgan fingerprint density at radius 1 is 0.538 bits per heavy atom. The maximum absolute atomic E-state index is 14.4. The van der Waals surface area contributed by atoms with Gasteiger partial charge in [0.15, 0.2) is 5.78 Å². The van der Waals surface area contributed by atoms with E-state index in [1.165, 1.54) is 49.7 Å². The molecule has 2 aliphatic carbocycles. The van der Waals surface area contributed by atoms with E-state index in [0.717, 1.165) is 25.7 Å². The predicted molar refractivity (Wildman–Crippen MR) is 107 cm³/mol. The minimum absolute atomic E-state index is 0.285. The molecule has 0 aromatic heterocycles. The highest BCUT2D eigenvalue weighted by atomic mass is 16.1. The highest BCUT2D eigenvalue weighted by molar-refractivity contribution is 5.99. The fraction of sp³-hybridized carbons (Fsp3) is 0.480. The molecule has 2 aromatic rings. The van der Waals surface area contributed by atoms with Gasteiger partial charge in [-0.1, -0.05) is 99.2 Å². The summed E-state index contributed by atoms with van der Waals surface area (Å²) in [5, 5.41) is 0. The molecule has 0 aliphatic heterocycles. The zero-order valence-corrected chi connectivity index (χ0v) is 15.8. The SMILES string of the molecule is O=C(C1(c2ccccc2)CCCCC1)C1(c2ccccc2)CCCCC1. The molecule has 0 saturated heterocycles. The van der Waals surface area contributed by atoms with Crippen molar-refractivity contribution in [2.75, 3.05) is 0 Å². The van der Waals surface area contributed by atoms with Gasteiger partial charge in [0.05, 0.1) is 10.8 Å². The molecule has 0 amide bonds. The first kappa shape index (κ1) is 17.5. The summed E-state index contributed by atoms with van der Waals surface area (Å²) >= 11 is 0. The monoisotopic (exact) mass is 346 g/mol. The Morgan fingerprint density at radius 2 is 0.885 bits per heavy atom. The normalized spacial score (nSPS) is 21.8. The third-order valence-corrected chi connectivity index (χ3v) is 6.94. The summed E-state index contributed by atoms with van der Waals surface area (Å²) in [6.07, 6.45) is 11.3. The van der Waals surface area contributed by atoms with Gasteiger partial charge in [-0.05, 0) is 36.8 Å². The minimum atomic E-state index is -0.285. The van der Waals surface area contributed by atoms with Crippen LogP contribution in [-0.4, -0.2) is 5.78 Å². The van der Waals surface area contributed by atoms with Crippen molar-refractivity contribution < 1.29 is 4.79 Å². The molecular weight excluding hydrogens is 316 g/mol. The molecule has 1 nitrogen and oxygen atoms in total. The van der Waals surface area contributed by atoms with Crippen LogP contribution < -0.4 is 0 Å².